The number of benzene rings is 11. The molecule has 0 aliphatic heterocycles. The zero-order valence-electron chi connectivity index (χ0n) is 74.5. The summed E-state index contributed by atoms with van der Waals surface area (Å²) < 4.78 is 0. The second kappa shape index (κ2) is 29.7. The van der Waals surface area contributed by atoms with Gasteiger partial charge in [-0.3, -0.25) is 0 Å². The van der Waals surface area contributed by atoms with Crippen LogP contribution in [0.5, 0.6) is 0 Å². The molecule has 0 bridgehead atoms. The molecule has 3 atom stereocenters. The third kappa shape index (κ3) is 15.8. The van der Waals surface area contributed by atoms with Crippen LogP contribution in [-0.4, -0.2) is 0 Å². The second-order valence-electron chi connectivity index (χ2n) is 42.1. The Morgan fingerprint density at radius 2 is 0.478 bits per heavy atom. The molecule has 594 valence electrons. The summed E-state index contributed by atoms with van der Waals surface area (Å²) in [6.07, 6.45) is 10.4. The summed E-state index contributed by atoms with van der Waals surface area (Å²) in [5.41, 5.74) is 31.3. The number of fused-ring (bicyclic) bond motifs is 6. The standard InChI is InChI=1S/C111H130N4/c1-27-110(98-69-90(112(82-45-29-74(30-46-82)102(3,4)5)83-47-31-75(32-48-83)103(6,7)8)61-65-94(98)95-66-62-91(70-99(95)110)113(84-49-33-76(34-50-84)104(9,10)11)85-51-35-77(36-52-85)105(12,13)14)73-111(28-2)100-71-92(114(86-53-37-78(38-54-86)106(15,16)17)87-55-39-79(40-56-87)107(18,19)20)63-67-96(100)97-68-64-93(72-101(97)111)115(88-57-41-80(42-58-88)108(21,22)23)89-59-43-81(44-60-89)109(24,25)26/h29-72,94,98H,27-28,73H2,1-26H3. The van der Waals surface area contributed by atoms with Gasteiger partial charge in [-0.15, -0.1) is 0 Å². The summed E-state index contributed by atoms with van der Waals surface area (Å²) in [5.74, 6) is 0.100. The number of hydrogen-bond acceptors (Lipinski definition) is 4. The zero-order chi connectivity index (χ0) is 82.7. The molecule has 4 heteroatoms. The van der Waals surface area contributed by atoms with E-state index in [0.717, 1.165) is 81.8 Å². The van der Waals surface area contributed by atoms with Gasteiger partial charge in [-0.05, 0) is 286 Å². The van der Waals surface area contributed by atoms with E-state index in [9.17, 15) is 0 Å². The Labute approximate surface area is 693 Å². The predicted octanol–water partition coefficient (Wildman–Crippen LogP) is 31.9. The van der Waals surface area contributed by atoms with Crippen molar-refractivity contribution >= 4 is 62.6 Å². The molecule has 0 spiro atoms. The fraction of sp³-hybridized carbons (Fsp3) is 0.369. The molecule has 11 aromatic rings. The third-order valence-electron chi connectivity index (χ3n) is 25.9. The van der Waals surface area contributed by atoms with Gasteiger partial charge < -0.3 is 19.6 Å². The van der Waals surface area contributed by atoms with Crippen LogP contribution in [0, 0.1) is 5.92 Å². The normalized spacial score (nSPS) is 16.8. The van der Waals surface area contributed by atoms with Gasteiger partial charge in [0.05, 0.1) is 0 Å². The van der Waals surface area contributed by atoms with Gasteiger partial charge in [0.15, 0.2) is 0 Å². The van der Waals surface area contributed by atoms with E-state index in [1.165, 1.54) is 83.6 Å². The minimum Gasteiger partial charge on any atom is -0.311 e. The Kier molecular flexibility index (Phi) is 21.1. The smallest absolute Gasteiger partial charge is 0.0465 e. The van der Waals surface area contributed by atoms with Crippen LogP contribution >= 0.6 is 0 Å². The molecule has 0 radical (unpaired) electrons. The maximum absolute atomic E-state index is 2.75. The third-order valence-corrected chi connectivity index (χ3v) is 25.9. The molecule has 0 amide bonds. The highest BCUT2D eigenvalue weighted by molar-refractivity contribution is 5.90. The Morgan fingerprint density at radius 3 is 0.713 bits per heavy atom. The molecule has 11 aromatic carbocycles. The molecule has 0 N–H and O–H groups in total. The first-order valence-electron chi connectivity index (χ1n) is 42.8. The van der Waals surface area contributed by atoms with Gasteiger partial charge >= 0.3 is 0 Å². The van der Waals surface area contributed by atoms with Crippen molar-refractivity contribution in [1.29, 1.82) is 0 Å². The highest BCUT2D eigenvalue weighted by Crippen LogP contribution is 2.66. The van der Waals surface area contributed by atoms with Crippen molar-refractivity contribution in [3.05, 3.63) is 339 Å². The zero-order valence-corrected chi connectivity index (χ0v) is 74.5. The van der Waals surface area contributed by atoms with Gasteiger partial charge in [-0.1, -0.05) is 307 Å². The van der Waals surface area contributed by atoms with E-state index in [2.05, 4.69) is 467 Å². The number of allylic oxidation sites excluding steroid dienone is 3. The van der Waals surface area contributed by atoms with E-state index in [4.69, 9.17) is 0 Å². The SMILES string of the molecule is CCC1(CC2(CC)c3cc(N(c4ccc(C(C)(C)C)cc4)c4ccc(C(C)(C)C)cc4)ccc3C3C=CC(N(c4ccc(C(C)(C)C)cc4)c4ccc(C(C)(C)C)cc4)=CC32)c2cc(N(c3ccc(C(C)(C)C)cc3)c3ccc(C(C)(C)C)cc3)ccc2-c2ccc(N(c3ccc(C(C)(C)C)cc3)c3ccc(C(C)(C)C)cc3)cc21. The van der Waals surface area contributed by atoms with Crippen LogP contribution in [-0.2, 0) is 54.1 Å². The molecule has 115 heavy (non-hydrogen) atoms. The van der Waals surface area contributed by atoms with E-state index in [1.54, 1.807) is 0 Å². The fourth-order valence-corrected chi connectivity index (χ4v) is 18.6. The lowest BCUT2D eigenvalue weighted by Gasteiger charge is -2.46. The second-order valence-corrected chi connectivity index (χ2v) is 42.1. The van der Waals surface area contributed by atoms with Crippen LogP contribution < -0.4 is 19.6 Å². The summed E-state index contributed by atoms with van der Waals surface area (Å²) in [5, 5.41) is 0. The molecule has 0 saturated carbocycles. The van der Waals surface area contributed by atoms with Crippen molar-refractivity contribution in [3.63, 3.8) is 0 Å². The Morgan fingerprint density at radius 1 is 0.252 bits per heavy atom. The van der Waals surface area contributed by atoms with Crippen LogP contribution in [0.2, 0.25) is 0 Å². The van der Waals surface area contributed by atoms with Gasteiger partial charge in [0.25, 0.3) is 0 Å². The van der Waals surface area contributed by atoms with Gasteiger partial charge in [-0.2, -0.15) is 0 Å². The largest absolute Gasteiger partial charge is 0.311 e. The van der Waals surface area contributed by atoms with E-state index < -0.39 is 10.8 Å². The minimum absolute atomic E-state index is 0.0128. The van der Waals surface area contributed by atoms with Crippen molar-refractivity contribution in [2.24, 2.45) is 5.92 Å². The van der Waals surface area contributed by atoms with Crippen LogP contribution in [0.25, 0.3) is 11.1 Å². The van der Waals surface area contributed by atoms with E-state index in [-0.39, 0.29) is 55.2 Å². The van der Waals surface area contributed by atoms with Crippen molar-refractivity contribution in [3.8, 4) is 11.1 Å². The Balaban J connectivity index is 1.06. The quantitative estimate of drug-likeness (QED) is 0.0956. The molecule has 0 heterocycles. The molecule has 0 fully saturated rings. The molecular formula is C111H130N4. The summed E-state index contributed by atoms with van der Waals surface area (Å²) >= 11 is 0. The first kappa shape index (κ1) is 81.7. The van der Waals surface area contributed by atoms with E-state index >= 15 is 0 Å². The van der Waals surface area contributed by atoms with Crippen LogP contribution in [0.3, 0.4) is 0 Å². The summed E-state index contributed by atoms with van der Waals surface area (Å²) in [6, 6.07) is 98.3. The van der Waals surface area contributed by atoms with Gasteiger partial charge in [0.2, 0.25) is 0 Å². The molecule has 4 nitrogen and oxygen atoms in total. The first-order chi connectivity index (χ1) is 53.9. The Bertz CT molecular complexity index is 4980. The average Bonchev–Trinajstić information content (AvgIpc) is 1.53. The number of rotatable bonds is 16. The summed E-state index contributed by atoms with van der Waals surface area (Å²) in [6.45, 7) is 60.7. The van der Waals surface area contributed by atoms with Gasteiger partial charge in [0, 0.05) is 85.0 Å². The van der Waals surface area contributed by atoms with Crippen LogP contribution in [0.1, 0.15) is 272 Å². The van der Waals surface area contributed by atoms with Gasteiger partial charge in [-0.25, -0.2) is 0 Å². The molecule has 0 aromatic heterocycles. The fourth-order valence-electron chi connectivity index (χ4n) is 18.6. The number of anilines is 11. The number of hydrogen-bond donors (Lipinski definition) is 0. The molecule has 3 aliphatic carbocycles. The average molecular weight is 1520 g/mol. The maximum atomic E-state index is 2.75. The highest BCUT2D eigenvalue weighted by atomic mass is 15.2. The number of nitrogens with zero attached hydrogens (tertiary/aromatic N) is 4. The van der Waals surface area contributed by atoms with Crippen molar-refractivity contribution in [1.82, 2.24) is 0 Å². The van der Waals surface area contributed by atoms with Crippen molar-refractivity contribution in [2.75, 3.05) is 19.6 Å². The topological polar surface area (TPSA) is 13.0 Å². The predicted molar refractivity (Wildman–Crippen MR) is 498 cm³/mol. The first-order valence-corrected chi connectivity index (χ1v) is 42.8. The lowest BCUT2D eigenvalue weighted by Crippen LogP contribution is -2.41. The molecule has 14 rings (SSSR count). The van der Waals surface area contributed by atoms with Crippen LogP contribution in [0.15, 0.2) is 273 Å². The lowest BCUT2D eigenvalue weighted by molar-refractivity contribution is 0.236. The van der Waals surface area contributed by atoms with E-state index in [0.29, 0.717) is 0 Å². The highest BCUT2D eigenvalue weighted by Gasteiger charge is 2.57. The summed E-state index contributed by atoms with van der Waals surface area (Å²) in [7, 11) is 0. The Hall–Kier alpha value is -9.90. The van der Waals surface area contributed by atoms with Crippen LogP contribution in [0.4, 0.5) is 62.6 Å². The molecular weight excluding hydrogens is 1390 g/mol. The lowest BCUT2D eigenvalue weighted by atomic mass is 9.58. The summed E-state index contributed by atoms with van der Waals surface area (Å²) in [4.78, 5) is 10.2. The maximum Gasteiger partial charge on any atom is 0.0465 e. The monoisotopic (exact) mass is 1520 g/mol. The molecule has 3 unspecified atom stereocenters. The minimum atomic E-state index is -0.559. The molecule has 3 aliphatic rings. The van der Waals surface area contributed by atoms with Crippen molar-refractivity contribution < 1.29 is 0 Å². The van der Waals surface area contributed by atoms with Crippen molar-refractivity contribution in [2.45, 2.75) is 259 Å². The molecule has 0 saturated heterocycles. The van der Waals surface area contributed by atoms with E-state index in [1.807, 2.05) is 0 Å². The van der Waals surface area contributed by atoms with Gasteiger partial charge in [0.1, 0.15) is 0 Å².